The standard InChI is InChI=1S/C14H22F2O4S/c1-2-8-5-10-7-11-6-9(13(8,10)11)3-4-12(17)14(15,16)21(18,19)20/h8-11,18-20H,2-7H2,1H3. The van der Waals surface area contributed by atoms with E-state index in [2.05, 4.69) is 6.92 Å². The summed E-state index contributed by atoms with van der Waals surface area (Å²) in [6, 6.07) is 0. The smallest absolute Gasteiger partial charge is 0.303 e. The molecular weight excluding hydrogens is 302 g/mol. The zero-order chi connectivity index (χ0) is 15.6. The fraction of sp³-hybridized carbons (Fsp3) is 0.929. The van der Waals surface area contributed by atoms with Crippen LogP contribution in [0.15, 0.2) is 0 Å². The normalized spacial score (nSPS) is 42.0. The molecule has 0 aromatic carbocycles. The number of ketones is 1. The van der Waals surface area contributed by atoms with Crippen molar-refractivity contribution in [3.8, 4) is 0 Å². The molecule has 122 valence electrons. The van der Waals surface area contributed by atoms with E-state index in [1.165, 1.54) is 12.8 Å². The van der Waals surface area contributed by atoms with Gasteiger partial charge in [0, 0.05) is 6.42 Å². The van der Waals surface area contributed by atoms with Crippen molar-refractivity contribution in [2.75, 3.05) is 0 Å². The number of alkyl halides is 2. The Bertz CT molecular complexity index is 458. The van der Waals surface area contributed by atoms with Gasteiger partial charge in [-0.3, -0.25) is 4.79 Å². The summed E-state index contributed by atoms with van der Waals surface area (Å²) < 4.78 is 52.7. The van der Waals surface area contributed by atoms with E-state index < -0.39 is 28.3 Å². The predicted octanol–water partition coefficient (Wildman–Crippen LogP) is 4.22. The lowest BCUT2D eigenvalue weighted by Gasteiger charge is -2.79. The zero-order valence-electron chi connectivity index (χ0n) is 12.0. The Morgan fingerprint density at radius 1 is 1.19 bits per heavy atom. The van der Waals surface area contributed by atoms with E-state index in [4.69, 9.17) is 13.7 Å². The van der Waals surface area contributed by atoms with Crippen molar-refractivity contribution in [3.63, 3.8) is 0 Å². The molecule has 0 aromatic heterocycles. The SMILES string of the molecule is CCC1CC2CC3CC(CCC(=O)C(F)(F)S(O)(O)O)C123. The topological polar surface area (TPSA) is 77.8 Å². The highest BCUT2D eigenvalue weighted by Crippen LogP contribution is 2.80. The number of halogens is 2. The third-order valence-electron chi connectivity index (χ3n) is 6.42. The summed E-state index contributed by atoms with van der Waals surface area (Å²) in [6.45, 7) is 2.15. The third kappa shape index (κ3) is 1.87. The number of hydrogen-bond donors (Lipinski definition) is 3. The molecule has 3 N–H and O–H groups in total. The van der Waals surface area contributed by atoms with Crippen LogP contribution in [0.3, 0.4) is 0 Å². The minimum atomic E-state index is -5.16. The molecule has 0 bridgehead atoms. The molecule has 3 rings (SSSR count). The number of rotatable bonds is 6. The van der Waals surface area contributed by atoms with E-state index in [0.29, 0.717) is 35.5 Å². The summed E-state index contributed by atoms with van der Waals surface area (Å²) in [6.07, 6.45) is 4.55. The fourth-order valence-electron chi connectivity index (χ4n) is 5.46. The largest absolute Gasteiger partial charge is 0.398 e. The second kappa shape index (κ2) is 4.63. The maximum Gasteiger partial charge on any atom is 0.398 e. The van der Waals surface area contributed by atoms with E-state index in [1.54, 1.807) is 0 Å². The molecule has 4 nitrogen and oxygen atoms in total. The van der Waals surface area contributed by atoms with Gasteiger partial charge in [-0.2, -0.15) is 8.78 Å². The summed E-state index contributed by atoms with van der Waals surface area (Å²) in [5, 5.41) is -4.45. The van der Waals surface area contributed by atoms with Crippen LogP contribution in [-0.4, -0.2) is 24.7 Å². The molecule has 0 radical (unpaired) electrons. The van der Waals surface area contributed by atoms with Crippen molar-refractivity contribution in [2.24, 2.45) is 29.1 Å². The maximum atomic E-state index is 13.4. The second-order valence-electron chi connectivity index (χ2n) is 6.90. The highest BCUT2D eigenvalue weighted by molar-refractivity contribution is 8.20. The van der Waals surface area contributed by atoms with Gasteiger partial charge in [0.25, 0.3) is 0 Å². The molecule has 3 aliphatic rings. The predicted molar refractivity (Wildman–Crippen MR) is 75.2 cm³/mol. The first-order valence-corrected chi connectivity index (χ1v) is 9.07. The Labute approximate surface area is 124 Å². The van der Waals surface area contributed by atoms with Crippen molar-refractivity contribution in [1.82, 2.24) is 0 Å². The summed E-state index contributed by atoms with van der Waals surface area (Å²) >= 11 is 0. The number of Topliss-reactive ketones (excluding diaryl/α,β-unsaturated/α-hetero) is 1. The van der Waals surface area contributed by atoms with Gasteiger partial charge in [0.2, 0.25) is 5.78 Å². The number of carbonyl (C=O) groups excluding carboxylic acids is 1. The summed E-state index contributed by atoms with van der Waals surface area (Å²) in [5.74, 6) is 0.822. The molecule has 7 heteroatoms. The average Bonchev–Trinajstić information content (AvgIpc) is 2.33. The van der Waals surface area contributed by atoms with Gasteiger partial charge in [-0.15, -0.1) is 0 Å². The number of carbonyl (C=O) groups is 1. The van der Waals surface area contributed by atoms with Gasteiger partial charge in [0.1, 0.15) is 0 Å². The molecular formula is C14H22F2O4S. The van der Waals surface area contributed by atoms with Crippen LogP contribution in [0.25, 0.3) is 0 Å². The molecule has 1 spiro atoms. The van der Waals surface area contributed by atoms with Crippen molar-refractivity contribution >= 4 is 16.7 Å². The van der Waals surface area contributed by atoms with Crippen LogP contribution in [0.5, 0.6) is 0 Å². The molecule has 5 atom stereocenters. The zero-order valence-corrected chi connectivity index (χ0v) is 12.8. The van der Waals surface area contributed by atoms with Crippen LogP contribution < -0.4 is 0 Å². The van der Waals surface area contributed by atoms with Gasteiger partial charge >= 0.3 is 5.25 Å². The van der Waals surface area contributed by atoms with Crippen LogP contribution in [0.1, 0.15) is 45.4 Å². The Morgan fingerprint density at radius 3 is 2.24 bits per heavy atom. The first-order valence-electron chi connectivity index (χ1n) is 7.57. The van der Waals surface area contributed by atoms with E-state index in [9.17, 15) is 13.6 Å². The van der Waals surface area contributed by atoms with Crippen LogP contribution in [0.2, 0.25) is 0 Å². The van der Waals surface area contributed by atoms with Crippen LogP contribution in [-0.2, 0) is 4.79 Å². The summed E-state index contributed by atoms with van der Waals surface area (Å²) in [4.78, 5) is 11.5. The Morgan fingerprint density at radius 2 is 1.76 bits per heavy atom. The van der Waals surface area contributed by atoms with Crippen molar-refractivity contribution in [2.45, 2.75) is 50.7 Å². The van der Waals surface area contributed by atoms with Crippen molar-refractivity contribution in [1.29, 1.82) is 0 Å². The lowest BCUT2D eigenvalue weighted by atomic mass is 9.25. The minimum Gasteiger partial charge on any atom is -0.303 e. The Hall–Kier alpha value is -0.240. The highest BCUT2D eigenvalue weighted by atomic mass is 32.3. The number of hydrogen-bond acceptors (Lipinski definition) is 4. The highest BCUT2D eigenvalue weighted by Gasteiger charge is 2.73. The van der Waals surface area contributed by atoms with Gasteiger partial charge in [-0.25, -0.2) is 0 Å². The van der Waals surface area contributed by atoms with Crippen molar-refractivity contribution < 1.29 is 27.2 Å². The van der Waals surface area contributed by atoms with E-state index in [1.807, 2.05) is 0 Å². The minimum absolute atomic E-state index is 0.298. The molecule has 21 heavy (non-hydrogen) atoms. The first kappa shape index (κ1) is 15.6. The van der Waals surface area contributed by atoms with E-state index in [0.717, 1.165) is 12.8 Å². The van der Waals surface area contributed by atoms with E-state index >= 15 is 0 Å². The molecule has 0 heterocycles. The summed E-state index contributed by atoms with van der Waals surface area (Å²) in [5.41, 5.74) is 0.298. The van der Waals surface area contributed by atoms with Gasteiger partial charge in [-0.1, -0.05) is 13.3 Å². The average molecular weight is 324 g/mol. The van der Waals surface area contributed by atoms with Crippen LogP contribution in [0.4, 0.5) is 8.78 Å². The summed E-state index contributed by atoms with van der Waals surface area (Å²) in [7, 11) is -5.16. The lowest BCUT2D eigenvalue weighted by molar-refractivity contribution is -0.307. The molecule has 3 aliphatic carbocycles. The van der Waals surface area contributed by atoms with Crippen molar-refractivity contribution in [3.05, 3.63) is 0 Å². The Balaban J connectivity index is 1.59. The molecule has 5 unspecified atom stereocenters. The monoisotopic (exact) mass is 324 g/mol. The van der Waals surface area contributed by atoms with Crippen LogP contribution in [0, 0.1) is 29.1 Å². The quantitative estimate of drug-likeness (QED) is 0.683. The van der Waals surface area contributed by atoms with Gasteiger partial charge in [-0.05, 0) is 54.8 Å². The lowest BCUT2D eigenvalue weighted by Crippen LogP contribution is -2.72. The maximum absolute atomic E-state index is 13.4. The molecule has 0 amide bonds. The first-order chi connectivity index (χ1) is 9.65. The Kier molecular flexibility index (Phi) is 3.45. The molecule has 3 saturated carbocycles. The molecule has 0 aromatic rings. The van der Waals surface area contributed by atoms with Gasteiger partial charge < -0.3 is 13.7 Å². The molecule has 0 saturated heterocycles. The van der Waals surface area contributed by atoms with Gasteiger partial charge in [0.15, 0.2) is 10.9 Å². The third-order valence-corrected chi connectivity index (χ3v) is 7.33. The molecule has 3 fully saturated rings. The van der Waals surface area contributed by atoms with Crippen LogP contribution >= 0.6 is 10.9 Å². The molecule has 0 aliphatic heterocycles. The fourth-order valence-corrected chi connectivity index (χ4v) is 5.87. The van der Waals surface area contributed by atoms with E-state index in [-0.39, 0.29) is 0 Å². The van der Waals surface area contributed by atoms with Gasteiger partial charge in [0.05, 0.1) is 0 Å². The second-order valence-corrected chi connectivity index (χ2v) is 8.45.